The molecule has 0 saturated carbocycles. The molecule has 2 heterocycles. The second-order valence-corrected chi connectivity index (χ2v) is 6.78. The van der Waals surface area contributed by atoms with Gasteiger partial charge in [-0.3, -0.25) is 4.79 Å². The van der Waals surface area contributed by atoms with Crippen LogP contribution in [-0.4, -0.2) is 27.8 Å². The monoisotopic (exact) mass is 307 g/mol. The van der Waals surface area contributed by atoms with Gasteiger partial charge in [0.05, 0.1) is 11.9 Å². The Morgan fingerprint density at radius 2 is 2.09 bits per heavy atom. The summed E-state index contributed by atoms with van der Waals surface area (Å²) in [6, 6.07) is 4.29. The fourth-order valence-electron chi connectivity index (χ4n) is 3.75. The molecule has 4 heteroatoms. The molecule has 1 aliphatic heterocycles. The molecule has 118 valence electrons. The van der Waals surface area contributed by atoms with Gasteiger partial charge in [-0.2, -0.15) is 0 Å². The van der Waals surface area contributed by atoms with Gasteiger partial charge in [-0.25, -0.2) is 4.98 Å². The summed E-state index contributed by atoms with van der Waals surface area (Å²) in [7, 11) is 0. The lowest BCUT2D eigenvalue weighted by Gasteiger charge is -2.42. The van der Waals surface area contributed by atoms with Gasteiger partial charge in [0.1, 0.15) is 0 Å². The predicted octanol–water partition coefficient (Wildman–Crippen LogP) is 2.51. The molecular weight excluding hydrogens is 286 g/mol. The number of fused-ring (bicyclic) bond motifs is 1. The molecule has 23 heavy (non-hydrogen) atoms. The van der Waals surface area contributed by atoms with E-state index in [1.807, 2.05) is 0 Å². The van der Waals surface area contributed by atoms with Gasteiger partial charge in [-0.05, 0) is 55.1 Å². The van der Waals surface area contributed by atoms with Crippen LogP contribution in [0.25, 0.3) is 6.08 Å². The van der Waals surface area contributed by atoms with Crippen LogP contribution in [0.5, 0.6) is 0 Å². The first-order valence-electron chi connectivity index (χ1n) is 8.16. The molecule has 4 rings (SSSR count). The molecule has 2 N–H and O–H groups in total. The van der Waals surface area contributed by atoms with E-state index < -0.39 is 5.54 Å². The largest absolute Gasteiger partial charge is 0.348 e. The van der Waals surface area contributed by atoms with E-state index in [4.69, 9.17) is 0 Å². The van der Waals surface area contributed by atoms with Crippen LogP contribution in [0.1, 0.15) is 34.4 Å². The molecule has 0 unspecified atom stereocenters. The Balaban J connectivity index is 1.64. The smallest absolute Gasteiger partial charge is 0.179 e. The minimum atomic E-state index is -0.456. The van der Waals surface area contributed by atoms with Gasteiger partial charge < -0.3 is 10.3 Å². The third kappa shape index (κ3) is 2.25. The zero-order valence-electron chi connectivity index (χ0n) is 13.6. The van der Waals surface area contributed by atoms with Crippen LogP contribution in [0.4, 0.5) is 0 Å². The molecule has 1 aliphatic carbocycles. The van der Waals surface area contributed by atoms with Crippen molar-refractivity contribution in [1.29, 1.82) is 0 Å². The van der Waals surface area contributed by atoms with E-state index in [1.54, 1.807) is 12.5 Å². The number of benzene rings is 1. The minimum Gasteiger partial charge on any atom is -0.348 e. The summed E-state index contributed by atoms with van der Waals surface area (Å²) in [4.78, 5) is 20.4. The Labute approximate surface area is 136 Å². The maximum Gasteiger partial charge on any atom is 0.179 e. The summed E-state index contributed by atoms with van der Waals surface area (Å²) >= 11 is 0. The molecule has 1 aromatic heterocycles. The Kier molecular flexibility index (Phi) is 3.23. The lowest BCUT2D eigenvalue weighted by molar-refractivity contribution is -0.124. The van der Waals surface area contributed by atoms with E-state index in [1.165, 1.54) is 22.3 Å². The maximum absolute atomic E-state index is 13.2. The highest BCUT2D eigenvalue weighted by Crippen LogP contribution is 2.35. The number of Topliss-reactive ketones (excluding diaryl/α,β-unsaturated/α-hetero) is 1. The molecule has 0 amide bonds. The standard InChI is InChI=1S/C19H21N3O/c1-12-3-4-13(2)17-8-14(7-16(12)17)18(23)19(5-6-22-19)9-15-10-20-11-21-15/h3-4,7,10-11,22H,5-6,8-9H2,1-2H3,(H,20,21)/t19-/m0/s1. The van der Waals surface area contributed by atoms with Crippen LogP contribution in [-0.2, 0) is 17.6 Å². The molecule has 1 aromatic carbocycles. The van der Waals surface area contributed by atoms with E-state index in [9.17, 15) is 4.79 Å². The summed E-state index contributed by atoms with van der Waals surface area (Å²) < 4.78 is 0. The number of carbonyl (C=O) groups is 1. The van der Waals surface area contributed by atoms with Crippen molar-refractivity contribution in [3.05, 3.63) is 58.2 Å². The van der Waals surface area contributed by atoms with Crippen molar-refractivity contribution in [2.24, 2.45) is 0 Å². The zero-order chi connectivity index (χ0) is 16.0. The van der Waals surface area contributed by atoms with Gasteiger partial charge in [-0.15, -0.1) is 0 Å². The number of aromatic nitrogens is 2. The number of nitrogens with zero attached hydrogens (tertiary/aromatic N) is 1. The predicted molar refractivity (Wildman–Crippen MR) is 90.2 cm³/mol. The Hall–Kier alpha value is -2.20. The van der Waals surface area contributed by atoms with Crippen molar-refractivity contribution in [1.82, 2.24) is 15.3 Å². The lowest BCUT2D eigenvalue weighted by atomic mass is 9.76. The maximum atomic E-state index is 13.2. The molecule has 2 aromatic rings. The van der Waals surface area contributed by atoms with Crippen LogP contribution in [0.15, 0.2) is 30.2 Å². The summed E-state index contributed by atoms with van der Waals surface area (Å²) in [5.74, 6) is 0.244. The lowest BCUT2D eigenvalue weighted by Crippen LogP contribution is -2.64. The third-order valence-corrected chi connectivity index (χ3v) is 5.28. The van der Waals surface area contributed by atoms with Crippen molar-refractivity contribution in [2.75, 3.05) is 6.54 Å². The first-order valence-corrected chi connectivity index (χ1v) is 8.16. The number of nitrogens with one attached hydrogen (secondary N) is 2. The first-order chi connectivity index (χ1) is 11.1. The number of rotatable bonds is 4. The second kappa shape index (κ2) is 5.17. The van der Waals surface area contributed by atoms with Gasteiger partial charge in [0.15, 0.2) is 5.78 Å². The van der Waals surface area contributed by atoms with Gasteiger partial charge in [0.25, 0.3) is 0 Å². The van der Waals surface area contributed by atoms with Crippen LogP contribution >= 0.6 is 0 Å². The molecule has 0 bridgehead atoms. The van der Waals surface area contributed by atoms with Crippen molar-refractivity contribution < 1.29 is 4.79 Å². The average molecular weight is 307 g/mol. The van der Waals surface area contributed by atoms with E-state index in [0.717, 1.165) is 30.7 Å². The Bertz CT molecular complexity index is 798. The molecular formula is C19H21N3O. The number of hydrogen-bond acceptors (Lipinski definition) is 3. The number of aryl methyl sites for hydroxylation is 2. The normalized spacial score (nSPS) is 22.4. The van der Waals surface area contributed by atoms with Gasteiger partial charge in [0.2, 0.25) is 0 Å². The molecule has 1 saturated heterocycles. The minimum absolute atomic E-state index is 0.244. The van der Waals surface area contributed by atoms with Crippen LogP contribution in [0.3, 0.4) is 0 Å². The quantitative estimate of drug-likeness (QED) is 0.912. The number of carbonyl (C=O) groups excluding carboxylic acids is 1. The highest BCUT2D eigenvalue weighted by atomic mass is 16.1. The molecule has 0 spiro atoms. The highest BCUT2D eigenvalue weighted by Gasteiger charge is 2.45. The molecule has 0 radical (unpaired) electrons. The number of aromatic amines is 1. The van der Waals surface area contributed by atoms with E-state index in [0.29, 0.717) is 6.42 Å². The average Bonchev–Trinajstić information content (AvgIpc) is 3.15. The third-order valence-electron chi connectivity index (χ3n) is 5.28. The first kappa shape index (κ1) is 14.4. The van der Waals surface area contributed by atoms with Crippen molar-refractivity contribution in [2.45, 2.75) is 38.6 Å². The van der Waals surface area contributed by atoms with Crippen molar-refractivity contribution >= 4 is 11.9 Å². The van der Waals surface area contributed by atoms with Crippen molar-refractivity contribution in [3.63, 3.8) is 0 Å². The van der Waals surface area contributed by atoms with E-state index in [2.05, 4.69) is 47.3 Å². The SMILES string of the molecule is Cc1ccc(C)c2c1C=C(C(=O)[C@@]1(Cc3cnc[nH]3)CCN1)C2. The van der Waals surface area contributed by atoms with E-state index >= 15 is 0 Å². The molecule has 1 fully saturated rings. The fourth-order valence-corrected chi connectivity index (χ4v) is 3.75. The van der Waals surface area contributed by atoms with Gasteiger partial charge in [-0.1, -0.05) is 12.1 Å². The van der Waals surface area contributed by atoms with Crippen LogP contribution < -0.4 is 5.32 Å². The van der Waals surface area contributed by atoms with E-state index in [-0.39, 0.29) is 5.78 Å². The summed E-state index contributed by atoms with van der Waals surface area (Å²) in [6.07, 6.45) is 7.90. The summed E-state index contributed by atoms with van der Waals surface area (Å²) in [6.45, 7) is 5.14. The Morgan fingerprint density at radius 1 is 1.30 bits per heavy atom. The Morgan fingerprint density at radius 3 is 2.70 bits per heavy atom. The van der Waals surface area contributed by atoms with Gasteiger partial charge >= 0.3 is 0 Å². The second-order valence-electron chi connectivity index (χ2n) is 6.78. The summed E-state index contributed by atoms with van der Waals surface area (Å²) in [5.41, 5.74) is 6.56. The molecule has 2 aliphatic rings. The number of imidazole rings is 1. The van der Waals surface area contributed by atoms with Crippen molar-refractivity contribution in [3.8, 4) is 0 Å². The number of H-pyrrole nitrogens is 1. The zero-order valence-corrected chi connectivity index (χ0v) is 13.6. The number of hydrogen-bond donors (Lipinski definition) is 2. The molecule has 4 nitrogen and oxygen atoms in total. The topological polar surface area (TPSA) is 57.8 Å². The molecule has 1 atom stereocenters. The van der Waals surface area contributed by atoms with Crippen LogP contribution in [0, 0.1) is 13.8 Å². The number of ketones is 1. The highest BCUT2D eigenvalue weighted by molar-refractivity contribution is 6.08. The van der Waals surface area contributed by atoms with Crippen LogP contribution in [0.2, 0.25) is 0 Å². The van der Waals surface area contributed by atoms with Gasteiger partial charge in [0, 0.05) is 30.3 Å². The fraction of sp³-hybridized carbons (Fsp3) is 0.368. The summed E-state index contributed by atoms with van der Waals surface area (Å²) in [5, 5.41) is 3.39.